The molecule has 0 spiro atoms. The minimum Gasteiger partial charge on any atom is -0.326 e. The number of anilines is 1. The first-order valence-corrected chi connectivity index (χ1v) is 9.91. The van der Waals surface area contributed by atoms with Crippen LogP contribution in [0.3, 0.4) is 0 Å². The molecule has 1 aromatic heterocycles. The number of hydrogen-bond donors (Lipinski definition) is 1. The lowest BCUT2D eigenvalue weighted by Gasteiger charge is -2.09. The van der Waals surface area contributed by atoms with Gasteiger partial charge in [0.1, 0.15) is 10.9 Å². The lowest BCUT2D eigenvalue weighted by Crippen LogP contribution is -2.13. The molecule has 4 nitrogen and oxygen atoms in total. The lowest BCUT2D eigenvalue weighted by molar-refractivity contribution is -0.115. The van der Waals surface area contributed by atoms with Crippen LogP contribution in [0.15, 0.2) is 59.6 Å². The van der Waals surface area contributed by atoms with Crippen LogP contribution in [0.2, 0.25) is 0 Å². The Bertz CT molecular complexity index is 942. The number of benzene rings is 2. The molecule has 0 radical (unpaired) electrons. The molecule has 0 saturated heterocycles. The summed E-state index contributed by atoms with van der Waals surface area (Å²) in [5, 5.41) is 3.88. The van der Waals surface area contributed by atoms with Crippen LogP contribution in [0.4, 0.5) is 5.69 Å². The van der Waals surface area contributed by atoms with Crippen molar-refractivity contribution < 1.29 is 4.79 Å². The Kier molecular flexibility index (Phi) is 6.24. The quantitative estimate of drug-likeness (QED) is 0.474. The van der Waals surface area contributed by atoms with E-state index in [-0.39, 0.29) is 5.91 Å². The zero-order valence-electron chi connectivity index (χ0n) is 15.8. The number of hydrogen-bond acceptors (Lipinski definition) is 4. The highest BCUT2D eigenvalue weighted by Crippen LogP contribution is 2.24. The molecular weight excluding hydrogens is 354 g/mol. The van der Waals surface area contributed by atoms with Crippen molar-refractivity contribution in [2.45, 2.75) is 32.2 Å². The SMILES string of the molecule is Cc1ccc(NC(=O)CCSc2cc(-c3ccccc3)nc(C)n2)c(C)c1. The van der Waals surface area contributed by atoms with Gasteiger partial charge in [-0.15, -0.1) is 11.8 Å². The average Bonchev–Trinajstić information content (AvgIpc) is 2.64. The third kappa shape index (κ3) is 5.41. The topological polar surface area (TPSA) is 54.9 Å². The van der Waals surface area contributed by atoms with Crippen molar-refractivity contribution in [1.82, 2.24) is 9.97 Å². The summed E-state index contributed by atoms with van der Waals surface area (Å²) in [5.74, 6) is 1.42. The third-order valence-electron chi connectivity index (χ3n) is 4.12. The van der Waals surface area contributed by atoms with Crippen LogP contribution in [0, 0.1) is 20.8 Å². The molecule has 138 valence electrons. The molecule has 0 atom stereocenters. The van der Waals surface area contributed by atoms with Gasteiger partial charge in [0.2, 0.25) is 5.91 Å². The van der Waals surface area contributed by atoms with Crippen LogP contribution in [-0.2, 0) is 4.79 Å². The highest BCUT2D eigenvalue weighted by atomic mass is 32.2. The van der Waals surface area contributed by atoms with Gasteiger partial charge >= 0.3 is 0 Å². The molecule has 0 aliphatic carbocycles. The Hall–Kier alpha value is -2.66. The lowest BCUT2D eigenvalue weighted by atomic mass is 10.1. The second-order valence-electron chi connectivity index (χ2n) is 6.47. The highest BCUT2D eigenvalue weighted by Gasteiger charge is 2.08. The number of carbonyl (C=O) groups excluding carboxylic acids is 1. The first-order chi connectivity index (χ1) is 13.0. The van der Waals surface area contributed by atoms with Crippen molar-refractivity contribution in [2.24, 2.45) is 0 Å². The normalized spacial score (nSPS) is 10.6. The Labute approximate surface area is 164 Å². The number of nitrogens with one attached hydrogen (secondary N) is 1. The molecule has 0 saturated carbocycles. The van der Waals surface area contributed by atoms with Crippen LogP contribution in [-0.4, -0.2) is 21.6 Å². The summed E-state index contributed by atoms with van der Waals surface area (Å²) in [5.41, 5.74) is 5.12. The highest BCUT2D eigenvalue weighted by molar-refractivity contribution is 7.99. The van der Waals surface area contributed by atoms with Crippen molar-refractivity contribution in [3.05, 3.63) is 71.5 Å². The molecule has 0 bridgehead atoms. The minimum absolute atomic E-state index is 0.0171. The summed E-state index contributed by atoms with van der Waals surface area (Å²) in [6, 6.07) is 18.1. The van der Waals surface area contributed by atoms with Crippen molar-refractivity contribution >= 4 is 23.4 Å². The number of carbonyl (C=O) groups is 1. The molecule has 0 unspecified atom stereocenters. The number of rotatable bonds is 6. The van der Waals surface area contributed by atoms with Gasteiger partial charge in [0.05, 0.1) is 5.69 Å². The van der Waals surface area contributed by atoms with Gasteiger partial charge in [-0.05, 0) is 38.5 Å². The van der Waals surface area contributed by atoms with E-state index in [4.69, 9.17) is 0 Å². The van der Waals surface area contributed by atoms with Gasteiger partial charge < -0.3 is 5.32 Å². The van der Waals surface area contributed by atoms with Crippen LogP contribution in [0.25, 0.3) is 11.3 Å². The molecule has 3 rings (SSSR count). The van der Waals surface area contributed by atoms with Gasteiger partial charge in [0, 0.05) is 23.4 Å². The number of thioether (sulfide) groups is 1. The standard InChI is InChI=1S/C22H23N3OS/c1-15-9-10-19(16(2)13-15)25-21(26)11-12-27-22-14-20(23-17(3)24-22)18-7-5-4-6-8-18/h4-10,13-14H,11-12H2,1-3H3,(H,25,26). The molecule has 3 aromatic rings. The molecule has 0 aliphatic rings. The zero-order chi connectivity index (χ0) is 19.2. The number of aryl methyl sites for hydroxylation is 3. The van der Waals surface area contributed by atoms with E-state index in [1.165, 1.54) is 5.56 Å². The number of amides is 1. The van der Waals surface area contributed by atoms with E-state index in [9.17, 15) is 4.79 Å². The van der Waals surface area contributed by atoms with Gasteiger partial charge in [-0.1, -0.05) is 48.0 Å². The average molecular weight is 378 g/mol. The summed E-state index contributed by atoms with van der Waals surface area (Å²) in [6.45, 7) is 5.94. The second kappa shape index (κ2) is 8.82. The Balaban J connectivity index is 1.58. The summed E-state index contributed by atoms with van der Waals surface area (Å²) >= 11 is 1.58. The first-order valence-electron chi connectivity index (χ1n) is 8.92. The molecule has 2 aromatic carbocycles. The maximum Gasteiger partial charge on any atom is 0.225 e. The minimum atomic E-state index is 0.0171. The van der Waals surface area contributed by atoms with Gasteiger partial charge in [-0.25, -0.2) is 9.97 Å². The Morgan fingerprint density at radius 2 is 1.78 bits per heavy atom. The Morgan fingerprint density at radius 3 is 2.52 bits per heavy atom. The molecule has 1 N–H and O–H groups in total. The summed E-state index contributed by atoms with van der Waals surface area (Å²) < 4.78 is 0. The summed E-state index contributed by atoms with van der Waals surface area (Å²) in [7, 11) is 0. The van der Waals surface area contributed by atoms with E-state index in [0.717, 1.165) is 33.4 Å². The predicted octanol–water partition coefficient (Wildman–Crippen LogP) is 5.19. The molecule has 1 amide bonds. The summed E-state index contributed by atoms with van der Waals surface area (Å²) in [4.78, 5) is 21.2. The largest absolute Gasteiger partial charge is 0.326 e. The zero-order valence-corrected chi connectivity index (χ0v) is 16.6. The first kappa shape index (κ1) is 19.1. The number of aromatic nitrogens is 2. The van der Waals surface area contributed by atoms with E-state index >= 15 is 0 Å². The van der Waals surface area contributed by atoms with E-state index < -0.39 is 0 Å². The monoisotopic (exact) mass is 377 g/mol. The third-order valence-corrected chi connectivity index (χ3v) is 5.03. The molecule has 27 heavy (non-hydrogen) atoms. The smallest absolute Gasteiger partial charge is 0.225 e. The molecule has 1 heterocycles. The second-order valence-corrected chi connectivity index (χ2v) is 7.58. The van der Waals surface area contributed by atoms with Crippen LogP contribution in [0.1, 0.15) is 23.4 Å². The van der Waals surface area contributed by atoms with E-state index in [2.05, 4.69) is 21.4 Å². The maximum atomic E-state index is 12.2. The molecule has 5 heteroatoms. The van der Waals surface area contributed by atoms with E-state index in [0.29, 0.717) is 12.2 Å². The van der Waals surface area contributed by atoms with Gasteiger partial charge in [0.25, 0.3) is 0 Å². The predicted molar refractivity (Wildman–Crippen MR) is 112 cm³/mol. The fourth-order valence-electron chi connectivity index (χ4n) is 2.79. The van der Waals surface area contributed by atoms with Crippen LogP contribution < -0.4 is 5.32 Å². The molecule has 0 aliphatic heterocycles. The van der Waals surface area contributed by atoms with Gasteiger partial charge in [-0.2, -0.15) is 0 Å². The van der Waals surface area contributed by atoms with Gasteiger partial charge in [0.15, 0.2) is 0 Å². The van der Waals surface area contributed by atoms with Crippen molar-refractivity contribution in [3.63, 3.8) is 0 Å². The fourth-order valence-corrected chi connectivity index (χ4v) is 3.67. The molecular formula is C22H23N3OS. The number of nitrogens with zero attached hydrogens (tertiary/aromatic N) is 2. The molecule has 0 fully saturated rings. The summed E-state index contributed by atoms with van der Waals surface area (Å²) in [6.07, 6.45) is 0.432. The fraction of sp³-hybridized carbons (Fsp3) is 0.227. The van der Waals surface area contributed by atoms with Gasteiger partial charge in [-0.3, -0.25) is 4.79 Å². The Morgan fingerprint density at radius 1 is 1.00 bits per heavy atom. The van der Waals surface area contributed by atoms with Crippen LogP contribution >= 0.6 is 11.8 Å². The van der Waals surface area contributed by atoms with E-state index in [1.54, 1.807) is 11.8 Å². The van der Waals surface area contributed by atoms with Crippen molar-refractivity contribution in [3.8, 4) is 11.3 Å². The van der Waals surface area contributed by atoms with Crippen molar-refractivity contribution in [2.75, 3.05) is 11.1 Å². The van der Waals surface area contributed by atoms with Crippen molar-refractivity contribution in [1.29, 1.82) is 0 Å². The maximum absolute atomic E-state index is 12.2. The van der Waals surface area contributed by atoms with Crippen LogP contribution in [0.5, 0.6) is 0 Å². The van der Waals surface area contributed by atoms with E-state index in [1.807, 2.05) is 69.3 Å².